The van der Waals surface area contributed by atoms with Gasteiger partial charge in [0.05, 0.1) is 10.9 Å². The van der Waals surface area contributed by atoms with Gasteiger partial charge in [0.15, 0.2) is 0 Å². The second kappa shape index (κ2) is 7.23. The van der Waals surface area contributed by atoms with Gasteiger partial charge in [0, 0.05) is 11.7 Å². The van der Waals surface area contributed by atoms with E-state index in [1.807, 2.05) is 0 Å². The number of carboxylic acid groups (broad SMARTS) is 1. The van der Waals surface area contributed by atoms with Crippen LogP contribution in [0.3, 0.4) is 0 Å². The van der Waals surface area contributed by atoms with E-state index in [-0.39, 0.29) is 10.9 Å². The van der Waals surface area contributed by atoms with Crippen LogP contribution in [0.25, 0.3) is 0 Å². The van der Waals surface area contributed by atoms with Crippen molar-refractivity contribution in [2.24, 2.45) is 0 Å². The fraction of sp³-hybridized carbons (Fsp3) is 0.385. The summed E-state index contributed by atoms with van der Waals surface area (Å²) < 4.78 is 13.5. The van der Waals surface area contributed by atoms with E-state index in [2.05, 4.69) is 26.6 Å². The second-order valence-corrected chi connectivity index (χ2v) is 5.24. The molecule has 20 heavy (non-hydrogen) atoms. The number of rotatable bonds is 5. The highest BCUT2D eigenvalue weighted by Crippen LogP contribution is 2.24. The maximum absolute atomic E-state index is 13.3. The second-order valence-electron chi connectivity index (χ2n) is 4.38. The van der Waals surface area contributed by atoms with E-state index >= 15 is 0 Å². The topological polar surface area (TPSA) is 78.4 Å². The SMILES string of the molecule is CCC(CC(=O)O)NC(=O)Nc1cc(Br)c(F)cc1C. The Hall–Kier alpha value is -1.63. The number of urea groups is 1. The molecule has 0 aliphatic rings. The lowest BCUT2D eigenvalue weighted by atomic mass is 10.1. The van der Waals surface area contributed by atoms with Crippen molar-refractivity contribution < 1.29 is 19.1 Å². The highest BCUT2D eigenvalue weighted by atomic mass is 79.9. The number of halogens is 2. The van der Waals surface area contributed by atoms with Crippen LogP contribution in [-0.4, -0.2) is 23.1 Å². The summed E-state index contributed by atoms with van der Waals surface area (Å²) in [6, 6.07) is 1.80. The molecule has 2 amide bonds. The molecule has 0 saturated carbocycles. The first-order chi connectivity index (χ1) is 9.33. The zero-order valence-corrected chi connectivity index (χ0v) is 12.8. The Balaban J connectivity index is 2.71. The number of aryl methyl sites for hydroxylation is 1. The van der Waals surface area contributed by atoms with Gasteiger partial charge < -0.3 is 15.7 Å². The number of nitrogens with one attached hydrogen (secondary N) is 2. The molecule has 0 aromatic heterocycles. The fourth-order valence-corrected chi connectivity index (χ4v) is 1.98. The van der Waals surface area contributed by atoms with E-state index in [4.69, 9.17) is 5.11 Å². The molecular weight excluding hydrogens is 331 g/mol. The molecule has 0 spiro atoms. The quantitative estimate of drug-likeness (QED) is 0.765. The minimum absolute atomic E-state index is 0.143. The third kappa shape index (κ3) is 4.80. The predicted molar refractivity (Wildman–Crippen MR) is 77.3 cm³/mol. The van der Waals surface area contributed by atoms with E-state index in [9.17, 15) is 14.0 Å². The Kier molecular flexibility index (Phi) is 5.94. The van der Waals surface area contributed by atoms with Crippen LogP contribution in [0.15, 0.2) is 16.6 Å². The van der Waals surface area contributed by atoms with E-state index in [1.165, 1.54) is 12.1 Å². The van der Waals surface area contributed by atoms with Crippen LogP contribution >= 0.6 is 15.9 Å². The lowest BCUT2D eigenvalue weighted by molar-refractivity contribution is -0.137. The molecule has 1 rings (SSSR count). The summed E-state index contributed by atoms with van der Waals surface area (Å²) in [5.41, 5.74) is 1.04. The molecule has 0 aliphatic heterocycles. The Morgan fingerprint density at radius 2 is 2.10 bits per heavy atom. The summed E-state index contributed by atoms with van der Waals surface area (Å²) in [6.07, 6.45) is 0.363. The van der Waals surface area contributed by atoms with Crippen LogP contribution in [0.5, 0.6) is 0 Å². The van der Waals surface area contributed by atoms with Crippen molar-refractivity contribution in [3.63, 3.8) is 0 Å². The summed E-state index contributed by atoms with van der Waals surface area (Å²) in [5.74, 6) is -1.39. The van der Waals surface area contributed by atoms with Crippen LogP contribution in [0.2, 0.25) is 0 Å². The molecule has 1 unspecified atom stereocenters. The highest BCUT2D eigenvalue weighted by molar-refractivity contribution is 9.10. The van der Waals surface area contributed by atoms with Gasteiger partial charge in [-0.1, -0.05) is 6.92 Å². The lowest BCUT2D eigenvalue weighted by Crippen LogP contribution is -2.39. The maximum Gasteiger partial charge on any atom is 0.319 e. The number of carbonyl (C=O) groups excluding carboxylic acids is 1. The number of carboxylic acids is 1. The Bertz CT molecular complexity index is 523. The summed E-state index contributed by atoms with van der Waals surface area (Å²) in [5, 5.41) is 13.9. The molecule has 7 heteroatoms. The van der Waals surface area contributed by atoms with Gasteiger partial charge in [-0.3, -0.25) is 4.79 Å². The van der Waals surface area contributed by atoms with Gasteiger partial charge >= 0.3 is 12.0 Å². The number of anilines is 1. The third-order valence-corrected chi connectivity index (χ3v) is 3.37. The average molecular weight is 347 g/mol. The zero-order chi connectivity index (χ0) is 15.3. The predicted octanol–water partition coefficient (Wildman–Crippen LogP) is 3.27. The van der Waals surface area contributed by atoms with E-state index in [0.29, 0.717) is 17.7 Å². The summed E-state index contributed by atoms with van der Waals surface area (Å²) in [6.45, 7) is 3.45. The molecule has 3 N–H and O–H groups in total. The van der Waals surface area contributed by atoms with Crippen molar-refractivity contribution in [2.45, 2.75) is 32.7 Å². The number of amides is 2. The van der Waals surface area contributed by atoms with Crippen molar-refractivity contribution in [1.82, 2.24) is 5.32 Å². The minimum Gasteiger partial charge on any atom is -0.481 e. The van der Waals surface area contributed by atoms with Crippen molar-refractivity contribution in [3.8, 4) is 0 Å². The molecule has 1 aromatic rings. The number of hydrogen-bond donors (Lipinski definition) is 3. The molecule has 0 heterocycles. The highest BCUT2D eigenvalue weighted by Gasteiger charge is 2.15. The molecule has 0 fully saturated rings. The van der Waals surface area contributed by atoms with Crippen molar-refractivity contribution in [1.29, 1.82) is 0 Å². The molecule has 1 aromatic carbocycles. The van der Waals surface area contributed by atoms with Crippen LogP contribution in [0.1, 0.15) is 25.3 Å². The Labute approximate surface area is 124 Å². The lowest BCUT2D eigenvalue weighted by Gasteiger charge is -2.16. The van der Waals surface area contributed by atoms with Gasteiger partial charge in [0.1, 0.15) is 5.82 Å². The van der Waals surface area contributed by atoms with Crippen molar-refractivity contribution in [2.75, 3.05) is 5.32 Å². The number of carbonyl (C=O) groups is 2. The van der Waals surface area contributed by atoms with Gasteiger partial charge in [-0.2, -0.15) is 0 Å². The summed E-state index contributed by atoms with van der Waals surface area (Å²) in [4.78, 5) is 22.4. The summed E-state index contributed by atoms with van der Waals surface area (Å²) >= 11 is 3.04. The van der Waals surface area contributed by atoms with Gasteiger partial charge in [-0.15, -0.1) is 0 Å². The van der Waals surface area contributed by atoms with Gasteiger partial charge in [-0.25, -0.2) is 9.18 Å². The maximum atomic E-state index is 13.3. The largest absolute Gasteiger partial charge is 0.481 e. The van der Waals surface area contributed by atoms with E-state index in [1.54, 1.807) is 13.8 Å². The normalized spacial score (nSPS) is 11.8. The molecule has 0 aliphatic carbocycles. The van der Waals surface area contributed by atoms with Crippen LogP contribution < -0.4 is 10.6 Å². The average Bonchev–Trinajstić information content (AvgIpc) is 2.34. The standard InChI is InChI=1S/C13H16BrFN2O3/c1-3-8(5-12(18)19)16-13(20)17-11-6-9(14)10(15)4-7(11)2/h4,6,8H,3,5H2,1-2H3,(H,18,19)(H2,16,17,20). The first kappa shape index (κ1) is 16.4. The first-order valence-electron chi connectivity index (χ1n) is 6.08. The summed E-state index contributed by atoms with van der Waals surface area (Å²) in [7, 11) is 0. The van der Waals surface area contributed by atoms with Crippen LogP contribution in [-0.2, 0) is 4.79 Å². The van der Waals surface area contributed by atoms with E-state index < -0.39 is 23.9 Å². The molecular formula is C13H16BrFN2O3. The number of benzene rings is 1. The monoisotopic (exact) mass is 346 g/mol. The zero-order valence-electron chi connectivity index (χ0n) is 11.2. The van der Waals surface area contributed by atoms with Crippen LogP contribution in [0.4, 0.5) is 14.9 Å². The first-order valence-corrected chi connectivity index (χ1v) is 6.87. The smallest absolute Gasteiger partial charge is 0.319 e. The van der Waals surface area contributed by atoms with Crippen LogP contribution in [0, 0.1) is 12.7 Å². The number of hydrogen-bond acceptors (Lipinski definition) is 2. The van der Waals surface area contributed by atoms with E-state index in [0.717, 1.165) is 0 Å². The molecule has 5 nitrogen and oxygen atoms in total. The number of aliphatic carboxylic acids is 1. The molecule has 1 atom stereocenters. The Morgan fingerprint density at radius 1 is 1.45 bits per heavy atom. The minimum atomic E-state index is -0.974. The Morgan fingerprint density at radius 3 is 2.65 bits per heavy atom. The third-order valence-electron chi connectivity index (χ3n) is 2.76. The molecule has 0 saturated heterocycles. The fourth-order valence-electron chi connectivity index (χ4n) is 1.63. The van der Waals surface area contributed by atoms with Gasteiger partial charge in [0.2, 0.25) is 0 Å². The molecule has 110 valence electrons. The van der Waals surface area contributed by atoms with Gasteiger partial charge in [-0.05, 0) is 47.0 Å². The molecule has 0 radical (unpaired) electrons. The van der Waals surface area contributed by atoms with Crippen molar-refractivity contribution in [3.05, 3.63) is 28.0 Å². The van der Waals surface area contributed by atoms with Crippen molar-refractivity contribution >= 4 is 33.6 Å². The van der Waals surface area contributed by atoms with Gasteiger partial charge in [0.25, 0.3) is 0 Å². The molecule has 0 bridgehead atoms.